The molecule has 4 rings (SSSR count). The highest BCUT2D eigenvalue weighted by atomic mass is 16.6. The van der Waals surface area contributed by atoms with Gasteiger partial charge >= 0.3 is 5.97 Å². The number of ether oxygens (including phenoxy) is 1. The second-order valence-corrected chi connectivity index (χ2v) is 10.7. The molecule has 0 spiro atoms. The Morgan fingerprint density at radius 1 is 1.29 bits per heavy atom. The number of Topliss-reactive ketones (excluding diaryl/α,β-unsaturated/α-hetero) is 1. The van der Waals surface area contributed by atoms with Crippen LogP contribution in [-0.2, 0) is 14.3 Å². The monoisotopic (exact) mass is 430 g/mol. The first-order chi connectivity index (χ1) is 14.3. The number of aliphatic hydroxyl groups is 3. The fourth-order valence-corrected chi connectivity index (χ4v) is 6.96. The van der Waals surface area contributed by atoms with Gasteiger partial charge in [0.15, 0.2) is 5.78 Å². The molecule has 2 fully saturated rings. The van der Waals surface area contributed by atoms with Crippen molar-refractivity contribution in [3.8, 4) is 0 Å². The van der Waals surface area contributed by atoms with Gasteiger partial charge in [-0.1, -0.05) is 39.0 Å². The summed E-state index contributed by atoms with van der Waals surface area (Å²) < 4.78 is 6.12. The zero-order valence-electron chi connectivity index (χ0n) is 19.2. The van der Waals surface area contributed by atoms with E-state index in [9.17, 15) is 24.9 Å². The first-order valence-corrected chi connectivity index (χ1v) is 11.2. The minimum Gasteiger partial charge on any atom is -0.455 e. The van der Waals surface area contributed by atoms with Crippen molar-refractivity contribution in [2.75, 3.05) is 6.61 Å². The molecule has 0 amide bonds. The number of carbonyl (C=O) groups excluding carboxylic acids is 2. The van der Waals surface area contributed by atoms with Crippen molar-refractivity contribution in [3.05, 3.63) is 34.9 Å². The second kappa shape index (κ2) is 6.63. The van der Waals surface area contributed by atoms with E-state index in [4.69, 9.17) is 4.74 Å². The lowest BCUT2D eigenvalue weighted by molar-refractivity contribution is -0.185. The third kappa shape index (κ3) is 2.61. The molecule has 31 heavy (non-hydrogen) atoms. The minimum atomic E-state index is -1.77. The molecular weight excluding hydrogens is 396 g/mol. The molecule has 0 saturated heterocycles. The maximum atomic E-state index is 12.9. The molecule has 0 bridgehead atoms. The number of fused-ring (bicyclic) bond motifs is 5. The van der Waals surface area contributed by atoms with E-state index >= 15 is 0 Å². The number of aliphatic hydroxyl groups excluding tert-OH is 1. The van der Waals surface area contributed by atoms with Crippen LogP contribution in [0.1, 0.15) is 54.4 Å². The Labute approximate surface area is 183 Å². The van der Waals surface area contributed by atoms with Crippen LogP contribution in [0.4, 0.5) is 0 Å². The van der Waals surface area contributed by atoms with Crippen LogP contribution in [0.25, 0.3) is 0 Å². The van der Waals surface area contributed by atoms with Gasteiger partial charge in [-0.25, -0.2) is 4.79 Å². The molecule has 170 valence electrons. The molecule has 0 aliphatic heterocycles. The number of ketones is 1. The van der Waals surface area contributed by atoms with Crippen LogP contribution < -0.4 is 0 Å². The maximum absolute atomic E-state index is 12.9. The van der Waals surface area contributed by atoms with E-state index in [0.29, 0.717) is 23.1 Å². The molecule has 0 aromatic heterocycles. The minimum absolute atomic E-state index is 0.00993. The van der Waals surface area contributed by atoms with E-state index in [-0.39, 0.29) is 36.6 Å². The fourth-order valence-electron chi connectivity index (χ4n) is 6.96. The predicted octanol–water partition coefficient (Wildman–Crippen LogP) is 2.48. The maximum Gasteiger partial charge on any atom is 0.333 e. The summed E-state index contributed by atoms with van der Waals surface area (Å²) in [5, 5.41) is 33.7. The smallest absolute Gasteiger partial charge is 0.333 e. The third-order valence-electron chi connectivity index (χ3n) is 8.90. The van der Waals surface area contributed by atoms with Gasteiger partial charge in [0.05, 0.1) is 12.2 Å². The van der Waals surface area contributed by atoms with Crippen LogP contribution >= 0.6 is 0 Å². The van der Waals surface area contributed by atoms with E-state index in [1.165, 1.54) is 0 Å². The van der Waals surface area contributed by atoms with Crippen molar-refractivity contribution in [2.45, 2.75) is 71.2 Å². The number of rotatable bonds is 3. The molecular formula is C25H34O6. The van der Waals surface area contributed by atoms with Crippen molar-refractivity contribution >= 4 is 11.8 Å². The molecule has 6 heteroatoms. The number of hydrogen-bond acceptors (Lipinski definition) is 6. The van der Waals surface area contributed by atoms with Crippen LogP contribution in [0, 0.1) is 29.1 Å². The van der Waals surface area contributed by atoms with E-state index in [1.807, 2.05) is 26.8 Å². The lowest BCUT2D eigenvalue weighted by atomic mass is 9.60. The summed E-state index contributed by atoms with van der Waals surface area (Å²) in [5.74, 6) is -2.55. The van der Waals surface area contributed by atoms with Gasteiger partial charge in [0, 0.05) is 35.2 Å². The summed E-state index contributed by atoms with van der Waals surface area (Å²) >= 11 is 0. The zero-order chi connectivity index (χ0) is 23.1. The Morgan fingerprint density at radius 3 is 2.52 bits per heavy atom. The summed E-state index contributed by atoms with van der Waals surface area (Å²) in [6.07, 6.45) is 5.70. The summed E-state index contributed by atoms with van der Waals surface area (Å²) in [5.41, 5.74) is -2.81. The standard InChI is InChI=1S/C25H34O6/c1-7-13(2)21(28)31-24-10-15(4)25(30)17(19(24)22(24,5)6)9-16(12-26)11-23(29)18(25)8-14(3)20(23)27/h7-9,15,17-19,26,29-30H,10-12H2,1-6H3/b13-7-/t15-,17+,18-,19-,23-,24+,25-/m1/s1. The highest BCUT2D eigenvalue weighted by Gasteiger charge is 2.83. The van der Waals surface area contributed by atoms with Crippen LogP contribution in [0.2, 0.25) is 0 Å². The summed E-state index contributed by atoms with van der Waals surface area (Å²) in [4.78, 5) is 25.6. The fraction of sp³-hybridized carbons (Fsp3) is 0.680. The molecule has 3 N–H and O–H groups in total. The second-order valence-electron chi connectivity index (χ2n) is 10.7. The highest BCUT2D eigenvalue weighted by Crippen LogP contribution is 2.76. The molecule has 0 radical (unpaired) electrons. The van der Waals surface area contributed by atoms with Gasteiger partial charge < -0.3 is 20.1 Å². The van der Waals surface area contributed by atoms with Gasteiger partial charge in [-0.15, -0.1) is 0 Å². The van der Waals surface area contributed by atoms with E-state index in [0.717, 1.165) is 0 Å². The van der Waals surface area contributed by atoms with Crippen molar-refractivity contribution < 1.29 is 29.6 Å². The van der Waals surface area contributed by atoms with E-state index in [2.05, 4.69) is 0 Å². The Kier molecular flexibility index (Phi) is 4.79. The normalized spacial score (nSPS) is 45.6. The Balaban J connectivity index is 1.85. The molecule has 4 aliphatic rings. The van der Waals surface area contributed by atoms with Crippen molar-refractivity contribution in [1.82, 2.24) is 0 Å². The predicted molar refractivity (Wildman–Crippen MR) is 115 cm³/mol. The van der Waals surface area contributed by atoms with Gasteiger partial charge in [-0.3, -0.25) is 4.79 Å². The van der Waals surface area contributed by atoms with Crippen LogP contribution in [0.3, 0.4) is 0 Å². The number of hydrogen-bond donors (Lipinski definition) is 3. The number of carbonyl (C=O) groups is 2. The van der Waals surface area contributed by atoms with Crippen molar-refractivity contribution in [2.24, 2.45) is 29.1 Å². The largest absolute Gasteiger partial charge is 0.455 e. The average molecular weight is 431 g/mol. The molecule has 0 unspecified atom stereocenters. The van der Waals surface area contributed by atoms with Crippen molar-refractivity contribution in [3.63, 3.8) is 0 Å². The summed E-state index contributed by atoms with van der Waals surface area (Å²) in [6, 6.07) is 0. The third-order valence-corrected chi connectivity index (χ3v) is 8.90. The van der Waals surface area contributed by atoms with Crippen LogP contribution in [0.15, 0.2) is 34.9 Å². The Morgan fingerprint density at radius 2 is 1.94 bits per heavy atom. The highest BCUT2D eigenvalue weighted by molar-refractivity contribution is 6.04. The zero-order valence-corrected chi connectivity index (χ0v) is 19.2. The van der Waals surface area contributed by atoms with E-state index < -0.39 is 34.1 Å². The SMILES string of the molecule is C/C=C(/C)C(=O)O[C@@]12C[C@@H](C)[C@@]3(O)[C@@H](C=C(CO)C[C@]4(O)C(=O)C(C)=C[C@@H]34)[C@@H]1C2(C)C. The summed E-state index contributed by atoms with van der Waals surface area (Å²) in [6.45, 7) is 10.9. The lowest BCUT2D eigenvalue weighted by Crippen LogP contribution is -2.61. The van der Waals surface area contributed by atoms with Gasteiger partial charge in [-0.05, 0) is 44.3 Å². The molecule has 7 atom stereocenters. The number of esters is 1. The quantitative estimate of drug-likeness (QED) is 0.361. The molecule has 6 nitrogen and oxygen atoms in total. The first kappa shape index (κ1) is 22.4. The molecule has 0 aromatic carbocycles. The Hall–Kier alpha value is -1.76. The lowest BCUT2D eigenvalue weighted by Gasteiger charge is -2.50. The van der Waals surface area contributed by atoms with Gasteiger partial charge in [0.25, 0.3) is 0 Å². The van der Waals surface area contributed by atoms with Crippen molar-refractivity contribution in [1.29, 1.82) is 0 Å². The first-order valence-electron chi connectivity index (χ1n) is 11.2. The van der Waals surface area contributed by atoms with Crippen LogP contribution in [0.5, 0.6) is 0 Å². The van der Waals surface area contributed by atoms with Gasteiger partial charge in [-0.2, -0.15) is 0 Å². The molecule has 0 heterocycles. The molecule has 2 saturated carbocycles. The average Bonchev–Trinajstić information content (AvgIpc) is 3.11. The molecule has 0 aromatic rings. The number of allylic oxidation sites excluding steroid dienone is 1. The van der Waals surface area contributed by atoms with Gasteiger partial charge in [0.2, 0.25) is 0 Å². The van der Waals surface area contributed by atoms with Crippen LogP contribution in [-0.4, -0.2) is 50.5 Å². The molecule has 4 aliphatic carbocycles. The topological polar surface area (TPSA) is 104 Å². The Bertz CT molecular complexity index is 942. The van der Waals surface area contributed by atoms with Gasteiger partial charge in [0.1, 0.15) is 11.2 Å². The van der Waals surface area contributed by atoms with E-state index in [1.54, 1.807) is 32.9 Å². The summed E-state index contributed by atoms with van der Waals surface area (Å²) in [7, 11) is 0.